The Kier molecular flexibility index (Phi) is 4.24. The van der Waals surface area contributed by atoms with Crippen molar-refractivity contribution in [1.29, 1.82) is 0 Å². The van der Waals surface area contributed by atoms with Crippen LogP contribution >= 0.6 is 0 Å². The molecule has 1 unspecified atom stereocenters. The summed E-state index contributed by atoms with van der Waals surface area (Å²) in [5, 5.41) is 6.38. The Hall–Kier alpha value is -1.51. The van der Waals surface area contributed by atoms with Crippen LogP contribution in [0.1, 0.15) is 38.7 Å². The fourth-order valence-corrected chi connectivity index (χ4v) is 2.37. The van der Waals surface area contributed by atoms with Crippen molar-refractivity contribution in [2.75, 3.05) is 17.2 Å². The molecule has 1 heterocycles. The number of carbonyl (C=O) groups is 1. The third-order valence-corrected chi connectivity index (χ3v) is 3.49. The molecule has 1 aromatic carbocycles. The Morgan fingerprint density at radius 2 is 2.33 bits per heavy atom. The molecule has 0 saturated heterocycles. The summed E-state index contributed by atoms with van der Waals surface area (Å²) in [7, 11) is 0. The predicted molar refractivity (Wildman–Crippen MR) is 76.0 cm³/mol. The highest BCUT2D eigenvalue weighted by atomic mass is 16.1. The average Bonchev–Trinajstić information content (AvgIpc) is 2.39. The van der Waals surface area contributed by atoms with Gasteiger partial charge in [0.25, 0.3) is 0 Å². The van der Waals surface area contributed by atoms with E-state index in [1.54, 1.807) is 0 Å². The van der Waals surface area contributed by atoms with Crippen molar-refractivity contribution in [3.8, 4) is 0 Å². The van der Waals surface area contributed by atoms with E-state index in [4.69, 9.17) is 0 Å². The molecule has 0 aliphatic carbocycles. The second-order valence-corrected chi connectivity index (χ2v) is 5.08. The van der Waals surface area contributed by atoms with E-state index in [2.05, 4.69) is 23.6 Å². The molecular formula is C15H22N2O. The Balaban J connectivity index is 2.03. The largest absolute Gasteiger partial charge is 0.385 e. The topological polar surface area (TPSA) is 41.1 Å². The maximum Gasteiger partial charge on any atom is 0.227 e. The summed E-state index contributed by atoms with van der Waals surface area (Å²) >= 11 is 0. The molecule has 98 valence electrons. The summed E-state index contributed by atoms with van der Waals surface area (Å²) in [4.78, 5) is 11.9. The molecule has 1 aliphatic heterocycles. The minimum Gasteiger partial charge on any atom is -0.385 e. The standard InChI is InChI=1S/C15H22N2O/c1-3-5-11(2)15(18)17-13-8-7-12-6-4-9-16-14(12)10-13/h7-8,10-11,16H,3-6,9H2,1-2H3,(H,17,18). The second kappa shape index (κ2) is 5.89. The van der Waals surface area contributed by atoms with Crippen molar-refractivity contribution in [2.45, 2.75) is 39.5 Å². The molecule has 1 aromatic rings. The molecule has 0 aromatic heterocycles. The molecule has 2 rings (SSSR count). The first-order valence-electron chi connectivity index (χ1n) is 6.88. The molecular weight excluding hydrogens is 224 g/mol. The summed E-state index contributed by atoms with van der Waals surface area (Å²) in [5.74, 6) is 0.201. The van der Waals surface area contributed by atoms with Gasteiger partial charge in [-0.1, -0.05) is 26.3 Å². The van der Waals surface area contributed by atoms with Gasteiger partial charge < -0.3 is 10.6 Å². The SMILES string of the molecule is CCCC(C)C(=O)Nc1ccc2c(c1)NCCC2. The van der Waals surface area contributed by atoms with E-state index in [0.717, 1.165) is 31.5 Å². The third-order valence-electron chi connectivity index (χ3n) is 3.49. The number of benzene rings is 1. The van der Waals surface area contributed by atoms with Crippen LogP contribution in [0, 0.1) is 5.92 Å². The molecule has 18 heavy (non-hydrogen) atoms. The zero-order valence-corrected chi connectivity index (χ0v) is 11.3. The lowest BCUT2D eigenvalue weighted by Gasteiger charge is -2.19. The molecule has 0 bridgehead atoms. The highest BCUT2D eigenvalue weighted by molar-refractivity contribution is 5.92. The number of amides is 1. The molecule has 3 heteroatoms. The van der Waals surface area contributed by atoms with Gasteiger partial charge in [0.1, 0.15) is 0 Å². The fraction of sp³-hybridized carbons (Fsp3) is 0.533. The zero-order valence-electron chi connectivity index (χ0n) is 11.3. The molecule has 1 aliphatic rings. The minimum atomic E-state index is 0.0824. The van der Waals surface area contributed by atoms with E-state index in [1.165, 1.54) is 17.7 Å². The Morgan fingerprint density at radius 1 is 1.50 bits per heavy atom. The fourth-order valence-electron chi connectivity index (χ4n) is 2.37. The second-order valence-electron chi connectivity index (χ2n) is 5.08. The van der Waals surface area contributed by atoms with Gasteiger partial charge in [-0.05, 0) is 37.0 Å². The van der Waals surface area contributed by atoms with Crippen LogP contribution in [0.25, 0.3) is 0 Å². The van der Waals surface area contributed by atoms with Gasteiger partial charge in [0, 0.05) is 23.8 Å². The monoisotopic (exact) mass is 246 g/mol. The highest BCUT2D eigenvalue weighted by Crippen LogP contribution is 2.25. The van der Waals surface area contributed by atoms with Gasteiger partial charge in [-0.2, -0.15) is 0 Å². The number of carbonyl (C=O) groups excluding carboxylic acids is 1. The number of nitrogens with one attached hydrogen (secondary N) is 2. The number of aryl methyl sites for hydroxylation is 1. The van der Waals surface area contributed by atoms with E-state index in [0.29, 0.717) is 0 Å². The van der Waals surface area contributed by atoms with Crippen molar-refractivity contribution < 1.29 is 4.79 Å². The van der Waals surface area contributed by atoms with E-state index >= 15 is 0 Å². The molecule has 0 radical (unpaired) electrons. The van der Waals surface area contributed by atoms with Crippen molar-refractivity contribution in [2.24, 2.45) is 5.92 Å². The van der Waals surface area contributed by atoms with Gasteiger partial charge in [0.15, 0.2) is 0 Å². The van der Waals surface area contributed by atoms with Crippen LogP contribution < -0.4 is 10.6 Å². The number of hydrogen-bond acceptors (Lipinski definition) is 2. The first-order valence-corrected chi connectivity index (χ1v) is 6.88. The number of hydrogen-bond donors (Lipinski definition) is 2. The van der Waals surface area contributed by atoms with Crippen LogP contribution in [0.5, 0.6) is 0 Å². The molecule has 1 amide bonds. The summed E-state index contributed by atoms with van der Waals surface area (Å²) in [5.41, 5.74) is 3.42. The lowest BCUT2D eigenvalue weighted by Crippen LogP contribution is -2.20. The zero-order chi connectivity index (χ0) is 13.0. The minimum absolute atomic E-state index is 0.0824. The quantitative estimate of drug-likeness (QED) is 0.854. The van der Waals surface area contributed by atoms with E-state index in [-0.39, 0.29) is 11.8 Å². The van der Waals surface area contributed by atoms with Gasteiger partial charge in [0.2, 0.25) is 5.91 Å². The van der Waals surface area contributed by atoms with Crippen LogP contribution in [0.15, 0.2) is 18.2 Å². The molecule has 0 fully saturated rings. The molecule has 1 atom stereocenters. The number of anilines is 2. The highest BCUT2D eigenvalue weighted by Gasteiger charge is 2.13. The summed E-state index contributed by atoms with van der Waals surface area (Å²) in [6.45, 7) is 5.11. The molecule has 3 nitrogen and oxygen atoms in total. The van der Waals surface area contributed by atoms with Crippen molar-refractivity contribution in [3.05, 3.63) is 23.8 Å². The van der Waals surface area contributed by atoms with Crippen LogP contribution in [0.4, 0.5) is 11.4 Å². The summed E-state index contributed by atoms with van der Waals surface area (Å²) < 4.78 is 0. The van der Waals surface area contributed by atoms with Crippen LogP contribution in [-0.2, 0) is 11.2 Å². The first kappa shape index (κ1) is 12.9. The Bertz CT molecular complexity index is 429. The first-order chi connectivity index (χ1) is 8.70. The van der Waals surface area contributed by atoms with Crippen LogP contribution in [0.3, 0.4) is 0 Å². The molecule has 0 saturated carbocycles. The molecule has 0 spiro atoms. The lowest BCUT2D eigenvalue weighted by atomic mass is 10.0. The third kappa shape index (κ3) is 3.03. The Morgan fingerprint density at radius 3 is 3.11 bits per heavy atom. The van der Waals surface area contributed by atoms with Gasteiger partial charge in [-0.3, -0.25) is 4.79 Å². The van der Waals surface area contributed by atoms with E-state index < -0.39 is 0 Å². The van der Waals surface area contributed by atoms with Gasteiger partial charge >= 0.3 is 0 Å². The summed E-state index contributed by atoms with van der Waals surface area (Å²) in [6.07, 6.45) is 4.30. The van der Waals surface area contributed by atoms with Crippen LogP contribution in [0.2, 0.25) is 0 Å². The maximum absolute atomic E-state index is 11.9. The van der Waals surface area contributed by atoms with Crippen molar-refractivity contribution >= 4 is 17.3 Å². The van der Waals surface area contributed by atoms with Crippen molar-refractivity contribution in [1.82, 2.24) is 0 Å². The van der Waals surface area contributed by atoms with E-state index in [9.17, 15) is 4.79 Å². The Labute approximate surface area is 109 Å². The maximum atomic E-state index is 11.9. The normalized spacial score (nSPS) is 15.4. The number of fused-ring (bicyclic) bond motifs is 1. The van der Waals surface area contributed by atoms with Crippen molar-refractivity contribution in [3.63, 3.8) is 0 Å². The summed E-state index contributed by atoms with van der Waals surface area (Å²) in [6, 6.07) is 6.16. The van der Waals surface area contributed by atoms with Gasteiger partial charge in [-0.25, -0.2) is 0 Å². The van der Waals surface area contributed by atoms with Gasteiger partial charge in [-0.15, -0.1) is 0 Å². The smallest absolute Gasteiger partial charge is 0.227 e. The predicted octanol–water partition coefficient (Wildman–Crippen LogP) is 3.42. The lowest BCUT2D eigenvalue weighted by molar-refractivity contribution is -0.119. The van der Waals surface area contributed by atoms with Gasteiger partial charge in [0.05, 0.1) is 0 Å². The van der Waals surface area contributed by atoms with Crippen LogP contribution in [-0.4, -0.2) is 12.5 Å². The van der Waals surface area contributed by atoms with E-state index in [1.807, 2.05) is 19.1 Å². The number of rotatable bonds is 4. The molecule has 2 N–H and O–H groups in total. The average molecular weight is 246 g/mol.